The fourth-order valence-corrected chi connectivity index (χ4v) is 1.64. The molecule has 0 aromatic heterocycles. The highest BCUT2D eigenvalue weighted by atomic mass is 32.2. The van der Waals surface area contributed by atoms with Crippen molar-refractivity contribution in [2.75, 3.05) is 13.2 Å². The molecule has 13 heavy (non-hydrogen) atoms. The van der Waals surface area contributed by atoms with Crippen LogP contribution in [0.5, 0.6) is 0 Å². The highest BCUT2D eigenvalue weighted by molar-refractivity contribution is 7.91. The van der Waals surface area contributed by atoms with Crippen LogP contribution in [0.3, 0.4) is 0 Å². The summed E-state index contributed by atoms with van der Waals surface area (Å²) < 4.78 is 20.8. The van der Waals surface area contributed by atoms with E-state index >= 15 is 0 Å². The topological polar surface area (TPSA) is 44.7 Å². The number of rotatable bonds is 1. The summed E-state index contributed by atoms with van der Waals surface area (Å²) in [5, 5.41) is 0. The van der Waals surface area contributed by atoms with Crippen molar-refractivity contribution >= 4 is 17.1 Å². The second-order valence-electron chi connectivity index (χ2n) is 4.13. The zero-order chi connectivity index (χ0) is 9.90. The van der Waals surface area contributed by atoms with Crippen molar-refractivity contribution in [1.29, 1.82) is 0 Å². The summed E-state index contributed by atoms with van der Waals surface area (Å²) in [6.07, 6.45) is 1.67. The molecule has 0 aromatic rings. The molecule has 0 saturated carbocycles. The molecule has 0 unspecified atom stereocenters. The zero-order valence-electron chi connectivity index (χ0n) is 8.50. The smallest absolute Gasteiger partial charge is 0.144 e. The minimum Gasteiger partial charge on any atom is -0.591 e. The summed E-state index contributed by atoms with van der Waals surface area (Å²) in [7, 11) is 0. The fraction of sp³-hybridized carbons (Fsp3) is 0.889. The zero-order valence-corrected chi connectivity index (χ0v) is 9.32. The van der Waals surface area contributed by atoms with Gasteiger partial charge in [0.05, 0.1) is 18.9 Å². The standard InChI is InChI=1S/C9H17NO2S/c1-9(2,3)13(11)10-8-4-6-12-7-5-8/h4-7H2,1-3H3/t13-/m1/s1. The lowest BCUT2D eigenvalue weighted by Gasteiger charge is -2.20. The van der Waals surface area contributed by atoms with E-state index in [4.69, 9.17) is 4.74 Å². The normalized spacial score (nSPS) is 21.4. The van der Waals surface area contributed by atoms with E-state index in [2.05, 4.69) is 4.40 Å². The number of hydrogen-bond donors (Lipinski definition) is 0. The Labute approximate surface area is 82.9 Å². The molecule has 1 atom stereocenters. The van der Waals surface area contributed by atoms with E-state index in [1.807, 2.05) is 20.8 Å². The monoisotopic (exact) mass is 203 g/mol. The molecule has 3 nitrogen and oxygen atoms in total. The van der Waals surface area contributed by atoms with Crippen LogP contribution in [0.2, 0.25) is 0 Å². The van der Waals surface area contributed by atoms with Crippen molar-refractivity contribution in [3.05, 3.63) is 0 Å². The average Bonchev–Trinajstić information content (AvgIpc) is 2.04. The summed E-state index contributed by atoms with van der Waals surface area (Å²) in [5.74, 6) is 0. The predicted molar refractivity (Wildman–Crippen MR) is 55.4 cm³/mol. The Morgan fingerprint density at radius 1 is 1.31 bits per heavy atom. The highest BCUT2D eigenvalue weighted by Crippen LogP contribution is 2.18. The van der Waals surface area contributed by atoms with E-state index in [1.54, 1.807) is 0 Å². The van der Waals surface area contributed by atoms with Crippen molar-refractivity contribution in [1.82, 2.24) is 0 Å². The predicted octanol–water partition coefficient (Wildman–Crippen LogP) is 1.70. The first-order chi connectivity index (χ1) is 6.00. The number of ether oxygens (including phenoxy) is 1. The van der Waals surface area contributed by atoms with Gasteiger partial charge in [-0.05, 0) is 20.8 Å². The molecule has 1 heterocycles. The largest absolute Gasteiger partial charge is 0.591 e. The lowest BCUT2D eigenvalue weighted by molar-refractivity contribution is 0.135. The molecule has 0 bridgehead atoms. The van der Waals surface area contributed by atoms with Gasteiger partial charge in [0, 0.05) is 12.8 Å². The number of nitrogens with zero attached hydrogens (tertiary/aromatic N) is 1. The van der Waals surface area contributed by atoms with E-state index in [9.17, 15) is 4.55 Å². The van der Waals surface area contributed by atoms with Crippen LogP contribution in [-0.4, -0.2) is 28.2 Å². The first-order valence-electron chi connectivity index (χ1n) is 4.56. The Balaban J connectivity index is 2.53. The molecule has 0 spiro atoms. The first kappa shape index (κ1) is 11.0. The summed E-state index contributed by atoms with van der Waals surface area (Å²) in [6, 6.07) is 0. The minimum absolute atomic E-state index is 0.245. The van der Waals surface area contributed by atoms with E-state index in [1.165, 1.54) is 0 Å². The van der Waals surface area contributed by atoms with Gasteiger partial charge in [-0.1, -0.05) is 4.40 Å². The maximum Gasteiger partial charge on any atom is 0.144 e. The Morgan fingerprint density at radius 2 is 1.85 bits per heavy atom. The van der Waals surface area contributed by atoms with E-state index < -0.39 is 11.4 Å². The third-order valence-corrected chi connectivity index (χ3v) is 3.28. The van der Waals surface area contributed by atoms with E-state index in [0.29, 0.717) is 0 Å². The maximum absolute atomic E-state index is 11.6. The van der Waals surface area contributed by atoms with Crippen LogP contribution in [0.25, 0.3) is 0 Å². The average molecular weight is 203 g/mol. The van der Waals surface area contributed by atoms with Crippen LogP contribution in [0.4, 0.5) is 0 Å². The maximum atomic E-state index is 11.6. The first-order valence-corrected chi connectivity index (χ1v) is 5.67. The summed E-state index contributed by atoms with van der Waals surface area (Å²) in [6.45, 7) is 7.26. The van der Waals surface area contributed by atoms with Crippen molar-refractivity contribution in [3.8, 4) is 0 Å². The molecule has 1 aliphatic heterocycles. The van der Waals surface area contributed by atoms with Gasteiger partial charge in [-0.15, -0.1) is 0 Å². The van der Waals surface area contributed by atoms with Gasteiger partial charge in [0.15, 0.2) is 0 Å². The molecular formula is C9H17NO2S. The Morgan fingerprint density at radius 3 is 2.31 bits per heavy atom. The van der Waals surface area contributed by atoms with Gasteiger partial charge in [-0.2, -0.15) is 0 Å². The van der Waals surface area contributed by atoms with Gasteiger partial charge in [-0.3, -0.25) is 0 Å². The van der Waals surface area contributed by atoms with Crippen LogP contribution >= 0.6 is 0 Å². The quantitative estimate of drug-likeness (QED) is 0.609. The Bertz CT molecular complexity index is 190. The van der Waals surface area contributed by atoms with Crippen LogP contribution in [0.1, 0.15) is 33.6 Å². The van der Waals surface area contributed by atoms with Crippen LogP contribution in [0, 0.1) is 0 Å². The molecule has 0 aliphatic carbocycles. The van der Waals surface area contributed by atoms with Gasteiger partial charge >= 0.3 is 0 Å². The Hall–Kier alpha value is -0.0600. The summed E-state index contributed by atoms with van der Waals surface area (Å²) in [4.78, 5) is 0. The van der Waals surface area contributed by atoms with Gasteiger partial charge in [0.25, 0.3) is 0 Å². The number of hydrogen-bond acceptors (Lipinski definition) is 3. The van der Waals surface area contributed by atoms with Crippen molar-refractivity contribution < 1.29 is 9.29 Å². The SMILES string of the molecule is CC(C)(C)[S@@+]([O-])N=C1CCOCC1. The molecule has 1 aliphatic rings. The lowest BCUT2D eigenvalue weighted by Crippen LogP contribution is -2.28. The third-order valence-electron chi connectivity index (χ3n) is 1.81. The van der Waals surface area contributed by atoms with Crippen LogP contribution in [-0.2, 0) is 16.1 Å². The highest BCUT2D eigenvalue weighted by Gasteiger charge is 2.27. The minimum atomic E-state index is -1.10. The van der Waals surface area contributed by atoms with Gasteiger partial charge in [0.2, 0.25) is 0 Å². The van der Waals surface area contributed by atoms with Crippen molar-refractivity contribution in [3.63, 3.8) is 0 Å². The second kappa shape index (κ2) is 4.44. The van der Waals surface area contributed by atoms with E-state index in [0.717, 1.165) is 31.8 Å². The second-order valence-corrected chi connectivity index (χ2v) is 6.04. The molecule has 0 N–H and O–H groups in total. The molecule has 1 fully saturated rings. The molecular weight excluding hydrogens is 186 g/mol. The lowest BCUT2D eigenvalue weighted by atomic mass is 10.2. The molecule has 1 saturated heterocycles. The van der Waals surface area contributed by atoms with Crippen LogP contribution < -0.4 is 0 Å². The molecule has 0 radical (unpaired) electrons. The Kier molecular flexibility index (Phi) is 3.76. The van der Waals surface area contributed by atoms with Crippen LogP contribution in [0.15, 0.2) is 4.40 Å². The molecule has 0 aromatic carbocycles. The van der Waals surface area contributed by atoms with Crippen molar-refractivity contribution in [2.45, 2.75) is 38.4 Å². The van der Waals surface area contributed by atoms with Crippen molar-refractivity contribution in [2.24, 2.45) is 4.40 Å². The van der Waals surface area contributed by atoms with Gasteiger partial charge in [-0.25, -0.2) is 0 Å². The molecule has 76 valence electrons. The molecule has 0 amide bonds. The van der Waals surface area contributed by atoms with E-state index in [-0.39, 0.29) is 4.75 Å². The molecule has 1 rings (SSSR count). The fourth-order valence-electron chi connectivity index (χ4n) is 0.952. The van der Waals surface area contributed by atoms with Gasteiger partial charge in [0.1, 0.15) is 16.1 Å². The summed E-state index contributed by atoms with van der Waals surface area (Å²) in [5.41, 5.74) is 1.04. The van der Waals surface area contributed by atoms with Gasteiger partial charge < -0.3 is 9.29 Å². The summed E-state index contributed by atoms with van der Waals surface area (Å²) >= 11 is -1.10. The molecule has 4 heteroatoms. The third kappa shape index (κ3) is 3.67.